The van der Waals surface area contributed by atoms with Crippen LogP contribution in [0.25, 0.3) is 0 Å². The van der Waals surface area contributed by atoms with Crippen LogP contribution in [0.15, 0.2) is 53.1 Å². The van der Waals surface area contributed by atoms with Gasteiger partial charge in [0, 0.05) is 30.5 Å². The molecule has 0 aliphatic carbocycles. The van der Waals surface area contributed by atoms with Crippen LogP contribution < -0.4 is 29.7 Å². The SMILES string of the molecule is CCC(C)(C)NC(=O)[C@H](c1ccc(OC)cc1)N(C(=O)CCC(=O)Nc1cc(C)on1)c1ccc(OC)cc1OC. The van der Waals surface area contributed by atoms with Crippen LogP contribution in [-0.4, -0.2) is 49.7 Å². The van der Waals surface area contributed by atoms with Crippen LogP contribution in [0.3, 0.4) is 0 Å². The largest absolute Gasteiger partial charge is 0.497 e. The first-order valence-corrected chi connectivity index (χ1v) is 13.2. The Hall–Kier alpha value is -4.54. The van der Waals surface area contributed by atoms with E-state index in [2.05, 4.69) is 15.8 Å². The number of hydrogen-bond acceptors (Lipinski definition) is 8. The first-order valence-electron chi connectivity index (χ1n) is 13.2. The van der Waals surface area contributed by atoms with Gasteiger partial charge < -0.3 is 29.4 Å². The molecule has 0 spiro atoms. The molecule has 2 N–H and O–H groups in total. The summed E-state index contributed by atoms with van der Waals surface area (Å²) in [6.45, 7) is 7.49. The van der Waals surface area contributed by atoms with Gasteiger partial charge in [0.15, 0.2) is 5.82 Å². The molecule has 0 radical (unpaired) electrons. The van der Waals surface area contributed by atoms with Crippen LogP contribution in [0.1, 0.15) is 57.4 Å². The molecule has 0 saturated heterocycles. The van der Waals surface area contributed by atoms with Gasteiger partial charge in [-0.1, -0.05) is 24.2 Å². The molecule has 3 aromatic rings. The maximum atomic E-state index is 14.0. The molecule has 0 aliphatic rings. The van der Waals surface area contributed by atoms with Crippen LogP contribution in [0.5, 0.6) is 17.2 Å². The minimum atomic E-state index is -1.09. The van der Waals surface area contributed by atoms with Gasteiger partial charge in [0.1, 0.15) is 29.1 Å². The normalized spacial score (nSPS) is 11.8. The van der Waals surface area contributed by atoms with E-state index in [1.807, 2.05) is 20.8 Å². The number of amides is 3. The van der Waals surface area contributed by atoms with E-state index in [4.69, 9.17) is 18.7 Å². The van der Waals surface area contributed by atoms with Crippen molar-refractivity contribution in [2.75, 3.05) is 31.5 Å². The third-order valence-corrected chi connectivity index (χ3v) is 6.66. The Kier molecular flexibility index (Phi) is 10.3. The average Bonchev–Trinajstić information content (AvgIpc) is 3.38. The molecule has 0 fully saturated rings. The number of benzene rings is 2. The van der Waals surface area contributed by atoms with E-state index >= 15 is 0 Å². The number of nitrogens with zero attached hydrogens (tertiary/aromatic N) is 2. The summed E-state index contributed by atoms with van der Waals surface area (Å²) in [5.74, 6) is 0.941. The van der Waals surface area contributed by atoms with Crippen molar-refractivity contribution < 1.29 is 33.1 Å². The van der Waals surface area contributed by atoms with Crippen LogP contribution >= 0.6 is 0 Å². The summed E-state index contributed by atoms with van der Waals surface area (Å²) in [4.78, 5) is 42.1. The standard InChI is InChI=1S/C30H38N4O7/c1-8-30(3,4)32-29(37)28(20-9-11-21(38-5)12-10-20)34(23-14-13-22(39-6)18-24(23)40-7)27(36)16-15-26(35)31-25-17-19(2)41-33-25/h9-14,17-18,28H,8,15-16H2,1-7H3,(H,32,37)(H,31,33,35)/t28-/m0/s1. The van der Waals surface area contributed by atoms with E-state index in [-0.39, 0.29) is 18.7 Å². The van der Waals surface area contributed by atoms with Crippen LogP contribution in [0, 0.1) is 6.92 Å². The Labute approximate surface area is 240 Å². The van der Waals surface area contributed by atoms with E-state index in [1.54, 1.807) is 62.6 Å². The highest BCUT2D eigenvalue weighted by Gasteiger charge is 2.36. The van der Waals surface area contributed by atoms with Crippen molar-refractivity contribution in [2.24, 2.45) is 0 Å². The molecule has 0 unspecified atom stereocenters. The van der Waals surface area contributed by atoms with Crippen molar-refractivity contribution in [3.8, 4) is 17.2 Å². The lowest BCUT2D eigenvalue weighted by Crippen LogP contribution is -2.50. The Bertz CT molecular complexity index is 1350. The van der Waals surface area contributed by atoms with Gasteiger partial charge >= 0.3 is 0 Å². The Morgan fingerprint density at radius 2 is 1.61 bits per heavy atom. The van der Waals surface area contributed by atoms with E-state index in [0.29, 0.717) is 40.7 Å². The molecule has 3 amide bonds. The van der Waals surface area contributed by atoms with E-state index in [1.165, 1.54) is 19.1 Å². The molecule has 220 valence electrons. The van der Waals surface area contributed by atoms with Crippen LogP contribution in [-0.2, 0) is 14.4 Å². The minimum absolute atomic E-state index is 0.156. The zero-order valence-corrected chi connectivity index (χ0v) is 24.6. The summed E-state index contributed by atoms with van der Waals surface area (Å²) < 4.78 is 21.3. The minimum Gasteiger partial charge on any atom is -0.497 e. The van der Waals surface area contributed by atoms with Gasteiger partial charge in [-0.2, -0.15) is 0 Å². The first kappa shape index (κ1) is 31.0. The molecule has 1 atom stereocenters. The zero-order chi connectivity index (χ0) is 30.2. The van der Waals surface area contributed by atoms with E-state index in [0.717, 1.165) is 0 Å². The highest BCUT2D eigenvalue weighted by Crippen LogP contribution is 2.38. The van der Waals surface area contributed by atoms with Crippen LogP contribution in [0.4, 0.5) is 11.5 Å². The average molecular weight is 567 g/mol. The molecule has 11 nitrogen and oxygen atoms in total. The monoisotopic (exact) mass is 566 g/mol. The predicted octanol–water partition coefficient (Wildman–Crippen LogP) is 4.81. The Morgan fingerprint density at radius 1 is 0.951 bits per heavy atom. The molecular formula is C30H38N4O7. The quantitative estimate of drug-likeness (QED) is 0.301. The summed E-state index contributed by atoms with van der Waals surface area (Å²) in [5, 5.41) is 9.45. The van der Waals surface area contributed by atoms with Gasteiger partial charge in [-0.3, -0.25) is 19.3 Å². The topological polar surface area (TPSA) is 132 Å². The molecule has 0 saturated carbocycles. The molecule has 11 heteroatoms. The Morgan fingerprint density at radius 3 is 2.17 bits per heavy atom. The summed E-state index contributed by atoms with van der Waals surface area (Å²) >= 11 is 0. The third kappa shape index (κ3) is 8.00. The second-order valence-electron chi connectivity index (χ2n) is 10.1. The lowest BCUT2D eigenvalue weighted by atomic mass is 9.97. The summed E-state index contributed by atoms with van der Waals surface area (Å²) in [5.41, 5.74) is 0.343. The van der Waals surface area contributed by atoms with Gasteiger partial charge in [0.05, 0.1) is 27.0 Å². The van der Waals surface area contributed by atoms with Crippen molar-refractivity contribution >= 4 is 29.2 Å². The lowest BCUT2D eigenvalue weighted by Gasteiger charge is -2.35. The lowest BCUT2D eigenvalue weighted by molar-refractivity contribution is -0.128. The maximum absolute atomic E-state index is 14.0. The maximum Gasteiger partial charge on any atom is 0.248 e. The summed E-state index contributed by atoms with van der Waals surface area (Å²) in [6.07, 6.45) is 0.307. The van der Waals surface area contributed by atoms with Gasteiger partial charge in [-0.05, 0) is 57.0 Å². The number of methoxy groups -OCH3 is 3. The van der Waals surface area contributed by atoms with Gasteiger partial charge in [-0.25, -0.2) is 0 Å². The van der Waals surface area contributed by atoms with Crippen molar-refractivity contribution in [3.63, 3.8) is 0 Å². The fourth-order valence-electron chi connectivity index (χ4n) is 4.07. The van der Waals surface area contributed by atoms with Gasteiger partial charge in [-0.15, -0.1) is 0 Å². The number of anilines is 2. The van der Waals surface area contributed by atoms with Crippen molar-refractivity contribution in [2.45, 2.75) is 58.5 Å². The number of rotatable bonds is 13. The highest BCUT2D eigenvalue weighted by molar-refractivity contribution is 6.04. The van der Waals surface area contributed by atoms with E-state index < -0.39 is 29.3 Å². The molecular weight excluding hydrogens is 528 g/mol. The third-order valence-electron chi connectivity index (χ3n) is 6.66. The number of aromatic nitrogens is 1. The van der Waals surface area contributed by atoms with Crippen LogP contribution in [0.2, 0.25) is 0 Å². The molecule has 0 aliphatic heterocycles. The zero-order valence-electron chi connectivity index (χ0n) is 24.6. The van der Waals surface area contributed by atoms with Gasteiger partial charge in [0.2, 0.25) is 17.7 Å². The number of hydrogen-bond donors (Lipinski definition) is 2. The first-order chi connectivity index (χ1) is 19.5. The fourth-order valence-corrected chi connectivity index (χ4v) is 4.07. The second kappa shape index (κ2) is 13.7. The second-order valence-corrected chi connectivity index (χ2v) is 10.1. The smallest absolute Gasteiger partial charge is 0.248 e. The van der Waals surface area contributed by atoms with Gasteiger partial charge in [0.25, 0.3) is 0 Å². The predicted molar refractivity (Wildman–Crippen MR) is 154 cm³/mol. The highest BCUT2D eigenvalue weighted by atomic mass is 16.5. The molecule has 1 aromatic heterocycles. The van der Waals surface area contributed by atoms with Crippen molar-refractivity contribution in [3.05, 3.63) is 59.9 Å². The molecule has 41 heavy (non-hydrogen) atoms. The number of nitrogens with one attached hydrogen (secondary N) is 2. The van der Waals surface area contributed by atoms with Crippen molar-refractivity contribution in [1.29, 1.82) is 0 Å². The summed E-state index contributed by atoms with van der Waals surface area (Å²) in [7, 11) is 4.54. The fraction of sp³-hybridized carbons (Fsp3) is 0.400. The number of aryl methyl sites for hydroxylation is 1. The molecule has 3 rings (SSSR count). The molecule has 2 aromatic carbocycles. The van der Waals surface area contributed by atoms with E-state index in [9.17, 15) is 14.4 Å². The number of ether oxygens (including phenoxy) is 3. The number of carbonyl (C=O) groups excluding carboxylic acids is 3. The molecule has 0 bridgehead atoms. The van der Waals surface area contributed by atoms with Crippen molar-refractivity contribution in [1.82, 2.24) is 10.5 Å². The number of carbonyl (C=O) groups is 3. The molecule has 1 heterocycles. The summed E-state index contributed by atoms with van der Waals surface area (Å²) in [6, 6.07) is 12.4. The Balaban J connectivity index is 2.06.